The van der Waals surface area contributed by atoms with Gasteiger partial charge in [0.05, 0.1) is 6.04 Å². The molecule has 0 radical (unpaired) electrons. The minimum absolute atomic E-state index is 0.124. The van der Waals surface area contributed by atoms with E-state index in [9.17, 15) is 4.79 Å². The Kier molecular flexibility index (Phi) is 7.09. The molecule has 8 heteroatoms. The lowest BCUT2D eigenvalue weighted by atomic mass is 10.0. The number of nitrogens with one attached hydrogen (secondary N) is 2. The highest BCUT2D eigenvalue weighted by molar-refractivity contribution is 5.74. The van der Waals surface area contributed by atoms with Crippen LogP contribution in [-0.4, -0.2) is 56.2 Å². The average molecular weight is 422 g/mol. The highest BCUT2D eigenvalue weighted by Gasteiger charge is 2.23. The highest BCUT2D eigenvalue weighted by Crippen LogP contribution is 2.18. The molecule has 1 unspecified atom stereocenters. The van der Waals surface area contributed by atoms with Gasteiger partial charge in [-0.2, -0.15) is 0 Å². The monoisotopic (exact) mass is 421 g/mol. The van der Waals surface area contributed by atoms with Gasteiger partial charge in [-0.1, -0.05) is 19.4 Å². The molecule has 1 atom stereocenters. The number of carbonyl (C=O) groups is 1. The van der Waals surface area contributed by atoms with Crippen LogP contribution in [0, 0.1) is 0 Å². The quantitative estimate of drug-likeness (QED) is 0.584. The van der Waals surface area contributed by atoms with Crippen molar-refractivity contribution in [3.63, 3.8) is 0 Å². The molecule has 164 valence electrons. The number of aromatic nitrogens is 4. The minimum atomic E-state index is -0.164. The standard InChI is InChI=1S/C23H31N7O/c1-2-5-20(22-28-27-21-6-3-4-14-30(21)22)26-23(31)25-19-10-16-29(17-11-19)15-9-18-7-12-24-13-8-18/h3-4,6-8,12-14,19-20H,2,5,9-11,15-17H2,1H3,(H2,25,26,31). The Morgan fingerprint density at radius 3 is 2.74 bits per heavy atom. The van der Waals surface area contributed by atoms with E-state index in [-0.39, 0.29) is 18.1 Å². The van der Waals surface area contributed by atoms with E-state index in [4.69, 9.17) is 0 Å². The van der Waals surface area contributed by atoms with Crippen LogP contribution in [-0.2, 0) is 6.42 Å². The van der Waals surface area contributed by atoms with Crippen LogP contribution < -0.4 is 10.6 Å². The second-order valence-corrected chi connectivity index (χ2v) is 8.17. The van der Waals surface area contributed by atoms with Gasteiger partial charge in [-0.05, 0) is 55.5 Å². The van der Waals surface area contributed by atoms with E-state index in [2.05, 4.69) is 49.8 Å². The van der Waals surface area contributed by atoms with Crippen molar-refractivity contribution in [2.45, 2.75) is 51.1 Å². The maximum atomic E-state index is 12.7. The van der Waals surface area contributed by atoms with Gasteiger partial charge >= 0.3 is 6.03 Å². The predicted molar refractivity (Wildman–Crippen MR) is 120 cm³/mol. The van der Waals surface area contributed by atoms with Crippen molar-refractivity contribution < 1.29 is 4.79 Å². The van der Waals surface area contributed by atoms with Gasteiger partial charge in [0, 0.05) is 44.3 Å². The number of pyridine rings is 2. The van der Waals surface area contributed by atoms with E-state index in [1.165, 1.54) is 5.56 Å². The molecule has 1 fully saturated rings. The van der Waals surface area contributed by atoms with Gasteiger partial charge in [-0.15, -0.1) is 10.2 Å². The van der Waals surface area contributed by atoms with Crippen LogP contribution in [0.4, 0.5) is 4.79 Å². The summed E-state index contributed by atoms with van der Waals surface area (Å²) in [5, 5.41) is 14.8. The summed E-state index contributed by atoms with van der Waals surface area (Å²) in [4.78, 5) is 19.3. The van der Waals surface area contributed by atoms with E-state index in [1.807, 2.05) is 41.2 Å². The van der Waals surface area contributed by atoms with Gasteiger partial charge in [-0.25, -0.2) is 4.79 Å². The molecule has 0 saturated carbocycles. The van der Waals surface area contributed by atoms with Gasteiger partial charge in [-0.3, -0.25) is 9.38 Å². The molecule has 4 rings (SSSR count). The zero-order valence-electron chi connectivity index (χ0n) is 18.1. The van der Waals surface area contributed by atoms with E-state index in [0.29, 0.717) is 0 Å². The molecule has 0 aromatic carbocycles. The normalized spacial score (nSPS) is 16.3. The first-order valence-electron chi connectivity index (χ1n) is 11.2. The van der Waals surface area contributed by atoms with Crippen LogP contribution >= 0.6 is 0 Å². The first-order chi connectivity index (χ1) is 15.2. The van der Waals surface area contributed by atoms with Crippen molar-refractivity contribution in [2.24, 2.45) is 0 Å². The Balaban J connectivity index is 1.26. The lowest BCUT2D eigenvalue weighted by Gasteiger charge is -2.32. The molecule has 1 saturated heterocycles. The van der Waals surface area contributed by atoms with Crippen LogP contribution in [0.25, 0.3) is 5.65 Å². The predicted octanol–water partition coefficient (Wildman–Crippen LogP) is 2.97. The number of hydrogen-bond acceptors (Lipinski definition) is 5. The Morgan fingerprint density at radius 2 is 1.97 bits per heavy atom. The number of carbonyl (C=O) groups excluding carboxylic acids is 1. The molecule has 3 aromatic heterocycles. The van der Waals surface area contributed by atoms with Crippen molar-refractivity contribution >= 4 is 11.7 Å². The molecule has 4 heterocycles. The van der Waals surface area contributed by atoms with E-state index < -0.39 is 0 Å². The Bertz CT molecular complexity index is 966. The molecule has 0 spiro atoms. The molecular weight excluding hydrogens is 390 g/mol. The summed E-state index contributed by atoms with van der Waals surface area (Å²) in [6.45, 7) is 5.16. The topological polar surface area (TPSA) is 87.5 Å². The number of nitrogens with zero attached hydrogens (tertiary/aromatic N) is 5. The maximum Gasteiger partial charge on any atom is 0.315 e. The zero-order valence-corrected chi connectivity index (χ0v) is 18.1. The second-order valence-electron chi connectivity index (χ2n) is 8.17. The van der Waals surface area contributed by atoms with Crippen molar-refractivity contribution in [3.8, 4) is 0 Å². The van der Waals surface area contributed by atoms with E-state index >= 15 is 0 Å². The summed E-state index contributed by atoms with van der Waals surface area (Å²) >= 11 is 0. The zero-order chi connectivity index (χ0) is 21.5. The van der Waals surface area contributed by atoms with Crippen molar-refractivity contribution in [3.05, 3.63) is 60.3 Å². The van der Waals surface area contributed by atoms with Crippen LogP contribution in [0.2, 0.25) is 0 Å². The largest absolute Gasteiger partial charge is 0.335 e. The van der Waals surface area contributed by atoms with Crippen molar-refractivity contribution in [1.29, 1.82) is 0 Å². The van der Waals surface area contributed by atoms with E-state index in [1.54, 1.807) is 0 Å². The molecule has 0 aliphatic carbocycles. The lowest BCUT2D eigenvalue weighted by Crippen LogP contribution is -2.49. The molecular formula is C23H31N7O. The van der Waals surface area contributed by atoms with Crippen LogP contribution in [0.5, 0.6) is 0 Å². The fraction of sp³-hybridized carbons (Fsp3) is 0.478. The van der Waals surface area contributed by atoms with Crippen LogP contribution in [0.15, 0.2) is 48.9 Å². The fourth-order valence-electron chi connectivity index (χ4n) is 4.17. The maximum absolute atomic E-state index is 12.7. The average Bonchev–Trinajstić information content (AvgIpc) is 3.23. The Morgan fingerprint density at radius 1 is 1.16 bits per heavy atom. The summed E-state index contributed by atoms with van der Waals surface area (Å²) < 4.78 is 1.95. The summed E-state index contributed by atoms with van der Waals surface area (Å²) in [6.07, 6.45) is 10.4. The van der Waals surface area contributed by atoms with Crippen LogP contribution in [0.3, 0.4) is 0 Å². The summed E-state index contributed by atoms with van der Waals surface area (Å²) in [7, 11) is 0. The Labute approximate surface area is 183 Å². The first kappa shape index (κ1) is 21.2. The number of fused-ring (bicyclic) bond motifs is 1. The number of likely N-dealkylation sites (tertiary alicyclic amines) is 1. The first-order valence-corrected chi connectivity index (χ1v) is 11.2. The molecule has 2 N–H and O–H groups in total. The van der Waals surface area contributed by atoms with Gasteiger partial charge in [0.1, 0.15) is 0 Å². The molecule has 0 bridgehead atoms. The molecule has 3 aromatic rings. The molecule has 8 nitrogen and oxygen atoms in total. The SMILES string of the molecule is CCCC(NC(=O)NC1CCN(CCc2ccncc2)CC1)c1nnc2ccccn12. The number of hydrogen-bond donors (Lipinski definition) is 2. The summed E-state index contributed by atoms with van der Waals surface area (Å²) in [5.41, 5.74) is 2.11. The van der Waals surface area contributed by atoms with E-state index in [0.717, 1.165) is 63.2 Å². The third-order valence-corrected chi connectivity index (χ3v) is 5.92. The molecule has 2 amide bonds. The fourth-order valence-corrected chi connectivity index (χ4v) is 4.17. The van der Waals surface area contributed by atoms with Gasteiger partial charge in [0.15, 0.2) is 11.5 Å². The number of urea groups is 1. The van der Waals surface area contributed by atoms with Gasteiger partial charge in [0.25, 0.3) is 0 Å². The third-order valence-electron chi connectivity index (χ3n) is 5.92. The lowest BCUT2D eigenvalue weighted by molar-refractivity contribution is 0.192. The number of amides is 2. The second kappa shape index (κ2) is 10.3. The third kappa shape index (κ3) is 5.58. The molecule has 1 aliphatic heterocycles. The Hall–Kier alpha value is -3.00. The van der Waals surface area contributed by atoms with Crippen LogP contribution in [0.1, 0.15) is 50.0 Å². The van der Waals surface area contributed by atoms with Crippen molar-refractivity contribution in [1.82, 2.24) is 35.1 Å². The highest BCUT2D eigenvalue weighted by atomic mass is 16.2. The minimum Gasteiger partial charge on any atom is -0.335 e. The smallest absolute Gasteiger partial charge is 0.315 e. The molecule has 31 heavy (non-hydrogen) atoms. The summed E-state index contributed by atoms with van der Waals surface area (Å²) in [5.74, 6) is 0.776. The molecule has 1 aliphatic rings. The summed E-state index contributed by atoms with van der Waals surface area (Å²) in [6, 6.07) is 9.87. The number of piperidine rings is 1. The van der Waals surface area contributed by atoms with Gasteiger partial charge in [0.2, 0.25) is 0 Å². The van der Waals surface area contributed by atoms with Crippen molar-refractivity contribution in [2.75, 3.05) is 19.6 Å². The number of rotatable bonds is 8. The van der Waals surface area contributed by atoms with Gasteiger partial charge < -0.3 is 15.5 Å².